The van der Waals surface area contributed by atoms with Gasteiger partial charge in [-0.25, -0.2) is 4.79 Å². The van der Waals surface area contributed by atoms with Crippen molar-refractivity contribution in [1.82, 2.24) is 5.32 Å². The van der Waals surface area contributed by atoms with Crippen LogP contribution in [0.4, 0.5) is 5.69 Å². The van der Waals surface area contributed by atoms with Gasteiger partial charge in [0.25, 0.3) is 5.69 Å². The predicted octanol–water partition coefficient (Wildman–Crippen LogP) is 1.54. The Kier molecular flexibility index (Phi) is 6.44. The minimum atomic E-state index is -1.32. The van der Waals surface area contributed by atoms with Crippen LogP contribution in [0.5, 0.6) is 0 Å². The van der Waals surface area contributed by atoms with Crippen molar-refractivity contribution in [3.8, 4) is 0 Å². The second-order valence-electron chi connectivity index (χ2n) is 4.72. The first-order valence-electron chi connectivity index (χ1n) is 6.36. The minimum Gasteiger partial charge on any atom is -0.477 e. The van der Waals surface area contributed by atoms with Crippen LogP contribution in [0.1, 0.15) is 29.3 Å². The molecule has 0 heterocycles. The highest BCUT2D eigenvalue weighted by Crippen LogP contribution is 2.22. The third-order valence-corrected chi connectivity index (χ3v) is 3.83. The molecule has 0 bridgehead atoms. The van der Waals surface area contributed by atoms with E-state index in [2.05, 4.69) is 5.32 Å². The van der Waals surface area contributed by atoms with E-state index in [4.69, 9.17) is 5.11 Å². The van der Waals surface area contributed by atoms with Crippen LogP contribution in [0.25, 0.3) is 0 Å². The molecular formula is C13H18N2O5S. The molecular weight excluding hydrogens is 296 g/mol. The van der Waals surface area contributed by atoms with Crippen molar-refractivity contribution in [2.75, 3.05) is 12.0 Å². The number of nitro groups is 1. The van der Waals surface area contributed by atoms with Gasteiger partial charge in [0, 0.05) is 41.5 Å². The van der Waals surface area contributed by atoms with Crippen LogP contribution in [0.3, 0.4) is 0 Å². The van der Waals surface area contributed by atoms with Crippen LogP contribution in [0, 0.1) is 10.1 Å². The predicted molar refractivity (Wildman–Crippen MR) is 79.9 cm³/mol. The van der Waals surface area contributed by atoms with E-state index >= 15 is 0 Å². The summed E-state index contributed by atoms with van der Waals surface area (Å²) >= 11 is 0. The summed E-state index contributed by atoms with van der Waals surface area (Å²) in [4.78, 5) is 21.4. The number of carboxylic acids is 1. The number of aromatic carboxylic acids is 1. The maximum absolute atomic E-state index is 11.2. The molecule has 116 valence electrons. The summed E-state index contributed by atoms with van der Waals surface area (Å²) in [6.45, 7) is 2.10. The average Bonchev–Trinajstić information content (AvgIpc) is 2.41. The summed E-state index contributed by atoms with van der Waals surface area (Å²) in [6, 6.07) is 4.23. The van der Waals surface area contributed by atoms with Gasteiger partial charge >= 0.3 is 5.97 Å². The Hall–Kier alpha value is -1.80. The zero-order valence-corrected chi connectivity index (χ0v) is 12.7. The SMILES string of the molecule is CC(CCS(C)=O)NCc1cccc([N+](=O)[O-])c1C(=O)O. The molecule has 0 radical (unpaired) electrons. The van der Waals surface area contributed by atoms with Crippen LogP contribution < -0.4 is 5.32 Å². The molecule has 7 nitrogen and oxygen atoms in total. The van der Waals surface area contributed by atoms with Crippen molar-refractivity contribution in [2.24, 2.45) is 0 Å². The van der Waals surface area contributed by atoms with E-state index in [1.165, 1.54) is 12.1 Å². The molecule has 1 rings (SSSR count). The molecule has 0 aliphatic heterocycles. The van der Waals surface area contributed by atoms with E-state index in [0.29, 0.717) is 17.7 Å². The molecule has 0 fully saturated rings. The number of nitro benzene ring substituents is 1. The number of hydrogen-bond acceptors (Lipinski definition) is 5. The van der Waals surface area contributed by atoms with E-state index in [1.807, 2.05) is 6.92 Å². The van der Waals surface area contributed by atoms with Crippen molar-refractivity contribution in [3.05, 3.63) is 39.4 Å². The quantitative estimate of drug-likeness (QED) is 0.556. The highest BCUT2D eigenvalue weighted by Gasteiger charge is 2.23. The monoisotopic (exact) mass is 314 g/mol. The summed E-state index contributed by atoms with van der Waals surface area (Å²) in [5, 5.41) is 23.1. The van der Waals surface area contributed by atoms with Crippen molar-refractivity contribution >= 4 is 22.5 Å². The third kappa shape index (κ3) is 5.24. The van der Waals surface area contributed by atoms with E-state index < -0.39 is 27.4 Å². The van der Waals surface area contributed by atoms with Gasteiger partial charge in [0.1, 0.15) is 5.56 Å². The van der Waals surface area contributed by atoms with Crippen LogP contribution in [0.2, 0.25) is 0 Å². The number of nitrogens with one attached hydrogen (secondary N) is 1. The molecule has 0 aliphatic rings. The standard InChI is InChI=1S/C13H18N2O5S/c1-9(6-7-21(2)20)14-8-10-4-3-5-11(15(18)19)12(10)13(16)17/h3-5,9,14H,6-8H2,1-2H3,(H,16,17). The Balaban J connectivity index is 2.84. The van der Waals surface area contributed by atoms with Gasteiger partial charge in [0.2, 0.25) is 0 Å². The van der Waals surface area contributed by atoms with Gasteiger partial charge < -0.3 is 10.4 Å². The first kappa shape index (κ1) is 17.3. The number of carboxylic acid groups (broad SMARTS) is 1. The summed E-state index contributed by atoms with van der Waals surface area (Å²) < 4.78 is 11.0. The van der Waals surface area contributed by atoms with Crippen molar-refractivity contribution in [1.29, 1.82) is 0 Å². The van der Waals surface area contributed by atoms with Gasteiger partial charge in [0.05, 0.1) is 4.92 Å². The molecule has 1 aromatic carbocycles. The van der Waals surface area contributed by atoms with Gasteiger partial charge in [-0.15, -0.1) is 0 Å². The lowest BCUT2D eigenvalue weighted by molar-refractivity contribution is -0.385. The molecule has 0 saturated carbocycles. The number of hydrogen-bond donors (Lipinski definition) is 2. The third-order valence-electron chi connectivity index (χ3n) is 3.02. The van der Waals surface area contributed by atoms with Gasteiger partial charge in [-0.1, -0.05) is 12.1 Å². The molecule has 8 heteroatoms. The molecule has 0 amide bonds. The van der Waals surface area contributed by atoms with Crippen LogP contribution >= 0.6 is 0 Å². The normalized spacial score (nSPS) is 13.6. The van der Waals surface area contributed by atoms with Gasteiger partial charge in [-0.05, 0) is 18.9 Å². The lowest BCUT2D eigenvalue weighted by Gasteiger charge is -2.14. The zero-order chi connectivity index (χ0) is 16.0. The van der Waals surface area contributed by atoms with Crippen LogP contribution in [-0.4, -0.2) is 38.3 Å². The molecule has 2 atom stereocenters. The maximum atomic E-state index is 11.2. The van der Waals surface area contributed by atoms with E-state index in [9.17, 15) is 19.1 Å². The Morgan fingerprint density at radius 1 is 1.52 bits per heavy atom. The summed E-state index contributed by atoms with van der Waals surface area (Å²) in [5.74, 6) is -0.768. The summed E-state index contributed by atoms with van der Waals surface area (Å²) in [7, 11) is -0.879. The van der Waals surface area contributed by atoms with Crippen LogP contribution in [0.15, 0.2) is 18.2 Å². The Bertz CT molecular complexity index is 561. The molecule has 2 unspecified atom stereocenters. The van der Waals surface area contributed by atoms with E-state index in [0.717, 1.165) is 0 Å². The number of nitrogens with zero attached hydrogens (tertiary/aromatic N) is 1. The molecule has 21 heavy (non-hydrogen) atoms. The highest BCUT2D eigenvalue weighted by molar-refractivity contribution is 7.84. The molecule has 1 aromatic rings. The Labute approximate surface area is 125 Å². The van der Waals surface area contributed by atoms with Crippen molar-refractivity contribution in [3.63, 3.8) is 0 Å². The van der Waals surface area contributed by atoms with Gasteiger partial charge in [-0.2, -0.15) is 0 Å². The first-order chi connectivity index (χ1) is 9.82. The smallest absolute Gasteiger partial charge is 0.343 e. The summed E-state index contributed by atoms with van der Waals surface area (Å²) in [6.07, 6.45) is 2.30. The zero-order valence-electron chi connectivity index (χ0n) is 11.9. The lowest BCUT2D eigenvalue weighted by Crippen LogP contribution is -2.28. The molecule has 0 saturated heterocycles. The Morgan fingerprint density at radius 3 is 2.71 bits per heavy atom. The second kappa shape index (κ2) is 7.84. The molecule has 0 aliphatic carbocycles. The van der Waals surface area contributed by atoms with E-state index in [-0.39, 0.29) is 18.2 Å². The fraction of sp³-hybridized carbons (Fsp3) is 0.462. The second-order valence-corrected chi connectivity index (χ2v) is 6.28. The first-order valence-corrected chi connectivity index (χ1v) is 8.08. The van der Waals surface area contributed by atoms with Crippen LogP contribution in [-0.2, 0) is 17.3 Å². The van der Waals surface area contributed by atoms with Gasteiger partial charge in [0.15, 0.2) is 0 Å². The number of rotatable bonds is 8. The largest absolute Gasteiger partial charge is 0.477 e. The fourth-order valence-electron chi connectivity index (χ4n) is 1.86. The molecule has 0 spiro atoms. The van der Waals surface area contributed by atoms with Crippen molar-refractivity contribution in [2.45, 2.75) is 25.9 Å². The minimum absolute atomic E-state index is 0.0369. The maximum Gasteiger partial charge on any atom is 0.343 e. The molecule has 0 aromatic heterocycles. The molecule has 2 N–H and O–H groups in total. The number of carbonyl (C=O) groups is 1. The lowest BCUT2D eigenvalue weighted by atomic mass is 10.0. The topological polar surface area (TPSA) is 110 Å². The highest BCUT2D eigenvalue weighted by atomic mass is 32.2. The fourth-order valence-corrected chi connectivity index (χ4v) is 2.55. The summed E-state index contributed by atoms with van der Waals surface area (Å²) in [5.41, 5.74) is -0.341. The van der Waals surface area contributed by atoms with Crippen molar-refractivity contribution < 1.29 is 19.0 Å². The van der Waals surface area contributed by atoms with Gasteiger partial charge in [-0.3, -0.25) is 14.3 Å². The number of benzene rings is 1. The van der Waals surface area contributed by atoms with E-state index in [1.54, 1.807) is 12.3 Å². The average molecular weight is 314 g/mol. The Morgan fingerprint density at radius 2 is 2.19 bits per heavy atom.